The first-order valence-corrected chi connectivity index (χ1v) is 12.0. The van der Waals surface area contributed by atoms with Gasteiger partial charge in [-0.15, -0.1) is 11.3 Å². The Bertz CT molecular complexity index is 1180. The Morgan fingerprint density at radius 2 is 1.91 bits per heavy atom. The molecule has 0 unspecified atom stereocenters. The first-order valence-electron chi connectivity index (χ1n) is 11.2. The largest absolute Gasteiger partial charge is 0.319 e. The molecular formula is C28H33N3S. The van der Waals surface area contributed by atoms with Gasteiger partial charge in [-0.2, -0.15) is 0 Å². The van der Waals surface area contributed by atoms with E-state index in [1.165, 1.54) is 32.1 Å². The van der Waals surface area contributed by atoms with Crippen molar-refractivity contribution in [1.82, 2.24) is 4.90 Å². The van der Waals surface area contributed by atoms with Crippen molar-refractivity contribution >= 4 is 27.7 Å². The number of fused-ring (bicyclic) bond motifs is 1. The molecule has 0 radical (unpaired) electrons. The molecule has 3 heterocycles. The molecule has 0 atom stereocenters. The predicted molar refractivity (Wildman–Crippen MR) is 140 cm³/mol. The van der Waals surface area contributed by atoms with Crippen LogP contribution in [-0.2, 0) is 6.42 Å². The number of hydrogen-bond donors (Lipinski definition) is 0. The lowest BCUT2D eigenvalue weighted by Crippen LogP contribution is -2.49. The van der Waals surface area contributed by atoms with Crippen LogP contribution in [0.5, 0.6) is 0 Å². The summed E-state index contributed by atoms with van der Waals surface area (Å²) in [6, 6.07) is 8.63. The van der Waals surface area contributed by atoms with Crippen molar-refractivity contribution in [1.29, 1.82) is 0 Å². The zero-order valence-corrected chi connectivity index (χ0v) is 20.8. The summed E-state index contributed by atoms with van der Waals surface area (Å²) in [4.78, 5) is 10.5. The fourth-order valence-corrected chi connectivity index (χ4v) is 5.91. The van der Waals surface area contributed by atoms with Crippen molar-refractivity contribution in [3.63, 3.8) is 0 Å². The Morgan fingerprint density at radius 1 is 1.19 bits per heavy atom. The molecule has 166 valence electrons. The van der Waals surface area contributed by atoms with Crippen LogP contribution in [0.2, 0.25) is 0 Å². The van der Waals surface area contributed by atoms with Crippen LogP contribution < -0.4 is 4.90 Å². The van der Waals surface area contributed by atoms with E-state index < -0.39 is 0 Å². The monoisotopic (exact) mass is 443 g/mol. The molecule has 0 bridgehead atoms. The molecule has 0 amide bonds. The molecule has 2 aromatic rings. The summed E-state index contributed by atoms with van der Waals surface area (Å²) in [5.41, 5.74) is 8.09. The Labute approximate surface area is 196 Å². The maximum atomic E-state index is 4.63. The number of hydrogen-bond acceptors (Lipinski definition) is 4. The van der Waals surface area contributed by atoms with Gasteiger partial charge in [0, 0.05) is 30.4 Å². The van der Waals surface area contributed by atoms with Crippen molar-refractivity contribution in [2.45, 2.75) is 53.0 Å². The summed E-state index contributed by atoms with van der Waals surface area (Å²) < 4.78 is 0. The van der Waals surface area contributed by atoms with E-state index in [0.717, 1.165) is 42.2 Å². The summed E-state index contributed by atoms with van der Waals surface area (Å²) in [5.74, 6) is 0.961. The quantitative estimate of drug-likeness (QED) is 0.438. The van der Waals surface area contributed by atoms with Crippen molar-refractivity contribution in [3.8, 4) is 0 Å². The van der Waals surface area contributed by atoms with Gasteiger partial charge < -0.3 is 9.80 Å². The average molecular weight is 444 g/mol. The molecule has 0 saturated heterocycles. The number of nitrogens with zero attached hydrogens (tertiary/aromatic N) is 3. The van der Waals surface area contributed by atoms with Gasteiger partial charge in [0.25, 0.3) is 0 Å². The van der Waals surface area contributed by atoms with E-state index in [4.69, 9.17) is 0 Å². The van der Waals surface area contributed by atoms with Gasteiger partial charge in [-0.05, 0) is 57.7 Å². The highest BCUT2D eigenvalue weighted by Crippen LogP contribution is 2.50. The molecule has 1 aromatic carbocycles. The first-order chi connectivity index (χ1) is 15.1. The van der Waals surface area contributed by atoms with E-state index in [9.17, 15) is 0 Å². The zero-order chi connectivity index (χ0) is 23.2. The fourth-order valence-electron chi connectivity index (χ4n) is 4.52. The Morgan fingerprint density at radius 3 is 2.53 bits per heavy atom. The molecule has 32 heavy (non-hydrogen) atoms. The van der Waals surface area contributed by atoms with Crippen LogP contribution in [0.15, 0.2) is 72.7 Å². The maximum absolute atomic E-state index is 4.63. The lowest BCUT2D eigenvalue weighted by atomic mass is 9.91. The second-order valence-corrected chi connectivity index (χ2v) is 10.3. The fraction of sp³-hybridized carbons (Fsp3) is 0.321. The number of anilines is 1. The topological polar surface area (TPSA) is 18.8 Å². The second-order valence-electron chi connectivity index (χ2n) is 9.27. The van der Waals surface area contributed by atoms with Gasteiger partial charge in [0.1, 0.15) is 10.8 Å². The molecule has 1 aromatic heterocycles. The van der Waals surface area contributed by atoms with Crippen LogP contribution >= 0.6 is 11.3 Å². The SMILES string of the molecule is C=C1c2c(sc(C3=NC=CC3)c2C)N(CCc2ccccc2C)C(=C)N1C(C)(C)C(=C)C. The van der Waals surface area contributed by atoms with Crippen molar-refractivity contribution in [2.75, 3.05) is 11.4 Å². The van der Waals surface area contributed by atoms with Crippen LogP contribution in [0.25, 0.3) is 5.70 Å². The summed E-state index contributed by atoms with van der Waals surface area (Å²) in [6.45, 7) is 25.1. The van der Waals surface area contributed by atoms with E-state index in [0.29, 0.717) is 0 Å². The van der Waals surface area contributed by atoms with Crippen LogP contribution in [0.4, 0.5) is 5.00 Å². The second kappa shape index (κ2) is 8.25. The van der Waals surface area contributed by atoms with Crippen molar-refractivity contribution in [3.05, 3.63) is 94.8 Å². The minimum absolute atomic E-state index is 0.298. The van der Waals surface area contributed by atoms with Crippen molar-refractivity contribution in [2.24, 2.45) is 4.99 Å². The summed E-state index contributed by atoms with van der Waals surface area (Å²) >= 11 is 1.82. The van der Waals surface area contributed by atoms with E-state index in [-0.39, 0.29) is 5.54 Å². The minimum atomic E-state index is -0.298. The highest BCUT2D eigenvalue weighted by molar-refractivity contribution is 7.18. The third-order valence-electron chi connectivity index (χ3n) is 6.88. The third-order valence-corrected chi connectivity index (χ3v) is 8.24. The molecule has 3 nitrogen and oxygen atoms in total. The molecule has 4 heteroatoms. The summed E-state index contributed by atoms with van der Waals surface area (Å²) in [6.07, 6.45) is 5.87. The number of allylic oxidation sites excluding steroid dienone is 1. The molecule has 0 N–H and O–H groups in total. The number of aliphatic imine (C=N–C) groups is 1. The van der Waals surface area contributed by atoms with Crippen molar-refractivity contribution < 1.29 is 0 Å². The Hall–Kier alpha value is -2.85. The molecule has 4 rings (SSSR count). The molecule has 0 spiro atoms. The van der Waals surface area contributed by atoms with E-state index >= 15 is 0 Å². The van der Waals surface area contributed by atoms with Crippen LogP contribution in [0.3, 0.4) is 0 Å². The highest BCUT2D eigenvalue weighted by atomic mass is 32.1. The molecule has 0 fully saturated rings. The molecule has 0 saturated carbocycles. The lowest BCUT2D eigenvalue weighted by Gasteiger charge is -2.49. The number of benzene rings is 1. The van der Waals surface area contributed by atoms with E-state index in [1.54, 1.807) is 0 Å². The van der Waals surface area contributed by atoms with Gasteiger partial charge in [-0.25, -0.2) is 0 Å². The van der Waals surface area contributed by atoms with Gasteiger partial charge in [-0.1, -0.05) is 55.7 Å². The standard InChI is InChI=1S/C28H33N3S/c1-18(2)28(7,8)31-21(5)25-20(4)26(24-14-11-16-29-24)32-27(25)30(22(31)6)17-15-23-13-10-9-12-19(23)3/h9-13,16H,1,5-6,14-15,17H2,2-4,7-8H3. The number of rotatable bonds is 6. The van der Waals surface area contributed by atoms with Gasteiger partial charge in [-0.3, -0.25) is 4.99 Å². The van der Waals surface area contributed by atoms with E-state index in [2.05, 4.69) is 99.5 Å². The Balaban J connectivity index is 1.81. The summed E-state index contributed by atoms with van der Waals surface area (Å²) in [7, 11) is 0. The highest BCUT2D eigenvalue weighted by Gasteiger charge is 2.40. The number of thiophene rings is 1. The lowest BCUT2D eigenvalue weighted by molar-refractivity contribution is 0.285. The normalized spacial score (nSPS) is 16.0. The van der Waals surface area contributed by atoms with Crippen LogP contribution in [-0.4, -0.2) is 22.7 Å². The average Bonchev–Trinajstić information content (AvgIpc) is 3.37. The van der Waals surface area contributed by atoms with E-state index in [1.807, 2.05) is 17.5 Å². The molecule has 2 aliphatic rings. The Kier molecular flexibility index (Phi) is 5.76. The van der Waals surface area contributed by atoms with Gasteiger partial charge in [0.15, 0.2) is 0 Å². The first kappa shape index (κ1) is 22.3. The van der Waals surface area contributed by atoms with Gasteiger partial charge in [0.2, 0.25) is 0 Å². The van der Waals surface area contributed by atoms with Crippen LogP contribution in [0.1, 0.15) is 54.3 Å². The molecular weight excluding hydrogens is 410 g/mol. The smallest absolute Gasteiger partial charge is 0.107 e. The molecule has 2 aliphatic heterocycles. The van der Waals surface area contributed by atoms with Crippen LogP contribution in [0, 0.1) is 13.8 Å². The number of aryl methyl sites for hydroxylation is 1. The maximum Gasteiger partial charge on any atom is 0.107 e. The zero-order valence-electron chi connectivity index (χ0n) is 20.0. The minimum Gasteiger partial charge on any atom is -0.319 e. The predicted octanol–water partition coefficient (Wildman–Crippen LogP) is 7.23. The molecule has 0 aliphatic carbocycles. The van der Waals surface area contributed by atoms with Gasteiger partial charge in [0.05, 0.1) is 16.1 Å². The summed E-state index contributed by atoms with van der Waals surface area (Å²) in [5, 5.41) is 1.23. The van der Waals surface area contributed by atoms with Gasteiger partial charge >= 0.3 is 0 Å². The third kappa shape index (κ3) is 3.57.